The molecule has 1 atom stereocenters. The number of aliphatic carboxylic acids is 1. The van der Waals surface area contributed by atoms with Crippen LogP contribution in [0.4, 0.5) is 8.78 Å². The second kappa shape index (κ2) is 7.62. The zero-order valence-electron chi connectivity index (χ0n) is 12.7. The van der Waals surface area contributed by atoms with Gasteiger partial charge in [0.2, 0.25) is 5.82 Å². The van der Waals surface area contributed by atoms with Gasteiger partial charge in [-0.3, -0.25) is 4.79 Å². The molecule has 0 saturated carbocycles. The summed E-state index contributed by atoms with van der Waals surface area (Å²) in [5.41, 5.74) is 0.629. The summed E-state index contributed by atoms with van der Waals surface area (Å²) in [6.45, 7) is 1.81. The first-order valence-corrected chi connectivity index (χ1v) is 7.18. The lowest BCUT2D eigenvalue weighted by molar-refractivity contribution is -0.139. The number of alkyl halides is 2. The number of carboxylic acid groups (broad SMARTS) is 1. The number of nitrogens with zero attached hydrogens (tertiary/aromatic N) is 2. The van der Waals surface area contributed by atoms with Gasteiger partial charge in [0.15, 0.2) is 0 Å². The molecule has 0 saturated heterocycles. The van der Waals surface area contributed by atoms with Crippen LogP contribution in [-0.2, 0) is 4.79 Å². The predicted molar refractivity (Wildman–Crippen MR) is 78.5 cm³/mol. The van der Waals surface area contributed by atoms with Crippen LogP contribution < -0.4 is 5.32 Å². The SMILES string of the molecule is CCCC(NC(=O)c1ccc(-c2noc(C(F)F)n2)cc1)C(=O)O. The number of hydrogen-bond donors (Lipinski definition) is 2. The number of benzene rings is 1. The first-order chi connectivity index (χ1) is 11.4. The van der Waals surface area contributed by atoms with E-state index in [-0.39, 0.29) is 11.4 Å². The van der Waals surface area contributed by atoms with Crippen LogP contribution in [0.5, 0.6) is 0 Å². The Balaban J connectivity index is 2.10. The Hall–Kier alpha value is -2.84. The van der Waals surface area contributed by atoms with E-state index in [2.05, 4.69) is 20.0 Å². The molecule has 24 heavy (non-hydrogen) atoms. The largest absolute Gasteiger partial charge is 0.480 e. The third kappa shape index (κ3) is 4.12. The van der Waals surface area contributed by atoms with Crippen LogP contribution in [0.2, 0.25) is 0 Å². The second-order valence-electron chi connectivity index (χ2n) is 4.99. The monoisotopic (exact) mass is 339 g/mol. The molecule has 0 aliphatic rings. The number of amides is 1. The normalized spacial score (nSPS) is 12.2. The van der Waals surface area contributed by atoms with Gasteiger partial charge in [0.1, 0.15) is 6.04 Å². The highest BCUT2D eigenvalue weighted by molar-refractivity contribution is 5.96. The molecule has 0 radical (unpaired) electrons. The van der Waals surface area contributed by atoms with Gasteiger partial charge in [-0.25, -0.2) is 4.79 Å². The van der Waals surface area contributed by atoms with Crippen molar-refractivity contribution in [2.75, 3.05) is 0 Å². The van der Waals surface area contributed by atoms with Crippen LogP contribution in [0.3, 0.4) is 0 Å². The number of rotatable bonds is 7. The van der Waals surface area contributed by atoms with Crippen LogP contribution in [0.25, 0.3) is 11.4 Å². The molecule has 0 fully saturated rings. The van der Waals surface area contributed by atoms with Gasteiger partial charge in [-0.15, -0.1) is 0 Å². The maximum atomic E-state index is 12.4. The van der Waals surface area contributed by atoms with Crippen LogP contribution >= 0.6 is 0 Å². The second-order valence-corrected chi connectivity index (χ2v) is 4.99. The van der Waals surface area contributed by atoms with E-state index >= 15 is 0 Å². The van der Waals surface area contributed by atoms with Crippen molar-refractivity contribution in [2.24, 2.45) is 0 Å². The fraction of sp³-hybridized carbons (Fsp3) is 0.333. The third-order valence-electron chi connectivity index (χ3n) is 3.21. The van der Waals surface area contributed by atoms with Crippen LogP contribution in [0.15, 0.2) is 28.8 Å². The topological polar surface area (TPSA) is 105 Å². The summed E-state index contributed by atoms with van der Waals surface area (Å²) in [7, 11) is 0. The number of hydrogen-bond acceptors (Lipinski definition) is 5. The lowest BCUT2D eigenvalue weighted by Gasteiger charge is -2.13. The quantitative estimate of drug-likeness (QED) is 0.803. The zero-order valence-corrected chi connectivity index (χ0v) is 12.7. The average molecular weight is 339 g/mol. The number of halogens is 2. The maximum Gasteiger partial charge on any atom is 0.326 e. The van der Waals surface area contributed by atoms with Crippen molar-refractivity contribution in [3.05, 3.63) is 35.7 Å². The molecular formula is C15H15F2N3O4. The maximum absolute atomic E-state index is 12.4. The van der Waals surface area contributed by atoms with Gasteiger partial charge in [0, 0.05) is 11.1 Å². The molecule has 0 aliphatic carbocycles. The van der Waals surface area contributed by atoms with Crippen molar-refractivity contribution in [3.63, 3.8) is 0 Å². The van der Waals surface area contributed by atoms with Gasteiger partial charge >= 0.3 is 12.4 Å². The van der Waals surface area contributed by atoms with E-state index in [1.54, 1.807) is 0 Å². The first kappa shape index (κ1) is 17.5. The van der Waals surface area contributed by atoms with E-state index in [0.717, 1.165) is 0 Å². The summed E-state index contributed by atoms with van der Waals surface area (Å²) in [4.78, 5) is 26.6. The van der Waals surface area contributed by atoms with Crippen LogP contribution in [-0.4, -0.2) is 33.2 Å². The predicted octanol–water partition coefficient (Wildman–Crippen LogP) is 2.66. The van der Waals surface area contributed by atoms with E-state index in [1.165, 1.54) is 24.3 Å². The Bertz CT molecular complexity index is 716. The van der Waals surface area contributed by atoms with Crippen molar-refractivity contribution in [3.8, 4) is 11.4 Å². The van der Waals surface area contributed by atoms with Gasteiger partial charge in [-0.2, -0.15) is 13.8 Å². The first-order valence-electron chi connectivity index (χ1n) is 7.18. The van der Waals surface area contributed by atoms with E-state index in [1.807, 2.05) is 6.92 Å². The number of carbonyl (C=O) groups excluding carboxylic acids is 1. The van der Waals surface area contributed by atoms with Gasteiger partial charge in [-0.05, 0) is 18.6 Å². The number of carboxylic acids is 1. The summed E-state index contributed by atoms with van der Waals surface area (Å²) in [5.74, 6) is -2.45. The van der Waals surface area contributed by atoms with Crippen molar-refractivity contribution >= 4 is 11.9 Å². The minimum atomic E-state index is -2.86. The number of aromatic nitrogens is 2. The van der Waals surface area contributed by atoms with Crippen molar-refractivity contribution < 1.29 is 28.0 Å². The summed E-state index contributed by atoms with van der Waals surface area (Å²) in [5, 5.41) is 14.9. The Labute approximate surface area is 135 Å². The standard InChI is InChI=1S/C15H15F2N3O4/c1-2-3-10(15(22)23)18-13(21)9-6-4-8(5-7-9)12-19-14(11(16)17)24-20-12/h4-7,10-11H,2-3H2,1H3,(H,18,21)(H,22,23). The Morgan fingerprint density at radius 3 is 2.46 bits per heavy atom. The summed E-state index contributed by atoms with van der Waals surface area (Å²) < 4.78 is 29.2. The smallest absolute Gasteiger partial charge is 0.326 e. The van der Waals surface area contributed by atoms with E-state index < -0.39 is 30.2 Å². The highest BCUT2D eigenvalue weighted by atomic mass is 19.3. The molecule has 1 amide bonds. The molecule has 1 heterocycles. The molecule has 2 N–H and O–H groups in total. The molecule has 9 heteroatoms. The fourth-order valence-corrected chi connectivity index (χ4v) is 2.00. The minimum Gasteiger partial charge on any atom is -0.480 e. The lowest BCUT2D eigenvalue weighted by atomic mass is 10.1. The Kier molecular flexibility index (Phi) is 5.56. The highest BCUT2D eigenvalue weighted by Crippen LogP contribution is 2.21. The molecule has 1 aromatic carbocycles. The molecule has 2 rings (SSSR count). The van der Waals surface area contributed by atoms with E-state index in [9.17, 15) is 18.4 Å². The summed E-state index contributed by atoms with van der Waals surface area (Å²) in [6, 6.07) is 4.81. The Morgan fingerprint density at radius 1 is 1.29 bits per heavy atom. The minimum absolute atomic E-state index is 0.0216. The number of carbonyl (C=O) groups is 2. The van der Waals surface area contributed by atoms with Crippen molar-refractivity contribution in [1.82, 2.24) is 15.5 Å². The highest BCUT2D eigenvalue weighted by Gasteiger charge is 2.20. The van der Waals surface area contributed by atoms with Gasteiger partial charge in [-0.1, -0.05) is 30.6 Å². The molecular weight excluding hydrogens is 324 g/mol. The fourth-order valence-electron chi connectivity index (χ4n) is 2.00. The molecule has 2 aromatic rings. The average Bonchev–Trinajstić information content (AvgIpc) is 3.04. The van der Waals surface area contributed by atoms with E-state index in [4.69, 9.17) is 5.11 Å². The number of nitrogens with one attached hydrogen (secondary N) is 1. The molecule has 0 spiro atoms. The van der Waals surface area contributed by atoms with Crippen LogP contribution in [0.1, 0.15) is 42.4 Å². The van der Waals surface area contributed by atoms with Gasteiger partial charge < -0.3 is 14.9 Å². The van der Waals surface area contributed by atoms with Crippen LogP contribution in [0, 0.1) is 0 Å². The summed E-state index contributed by atoms with van der Waals surface area (Å²) in [6.07, 6.45) is -1.93. The third-order valence-corrected chi connectivity index (χ3v) is 3.21. The molecule has 1 aromatic heterocycles. The summed E-state index contributed by atoms with van der Waals surface area (Å²) >= 11 is 0. The van der Waals surface area contributed by atoms with Crippen molar-refractivity contribution in [2.45, 2.75) is 32.2 Å². The van der Waals surface area contributed by atoms with E-state index in [0.29, 0.717) is 18.4 Å². The molecule has 0 bridgehead atoms. The molecule has 0 aliphatic heterocycles. The molecule has 7 nitrogen and oxygen atoms in total. The molecule has 1 unspecified atom stereocenters. The lowest BCUT2D eigenvalue weighted by Crippen LogP contribution is -2.40. The van der Waals surface area contributed by atoms with Gasteiger partial charge in [0.05, 0.1) is 0 Å². The molecule has 128 valence electrons. The Morgan fingerprint density at radius 2 is 1.96 bits per heavy atom. The zero-order chi connectivity index (χ0) is 17.7. The van der Waals surface area contributed by atoms with Gasteiger partial charge in [0.25, 0.3) is 11.8 Å². The van der Waals surface area contributed by atoms with Crippen molar-refractivity contribution in [1.29, 1.82) is 0 Å².